The zero-order chi connectivity index (χ0) is 14.0. The SMILES string of the molecule is CNC1CCC2(CC1N1CCCOC(C)C1)OCCO2. The molecule has 0 aromatic rings. The highest BCUT2D eigenvalue weighted by atomic mass is 16.7. The molecule has 0 aromatic heterocycles. The number of ether oxygens (including phenoxy) is 3. The Hall–Kier alpha value is -0.200. The molecule has 0 bridgehead atoms. The quantitative estimate of drug-likeness (QED) is 0.819. The summed E-state index contributed by atoms with van der Waals surface area (Å²) in [7, 11) is 2.07. The molecule has 1 aliphatic carbocycles. The largest absolute Gasteiger partial charge is 0.377 e. The van der Waals surface area contributed by atoms with Gasteiger partial charge in [-0.1, -0.05) is 0 Å². The molecule has 0 amide bonds. The van der Waals surface area contributed by atoms with Crippen LogP contribution in [0.5, 0.6) is 0 Å². The zero-order valence-electron chi connectivity index (χ0n) is 12.8. The molecular weight excluding hydrogens is 256 g/mol. The first kappa shape index (κ1) is 14.7. The molecule has 0 radical (unpaired) electrons. The van der Waals surface area contributed by atoms with Gasteiger partial charge in [-0.25, -0.2) is 0 Å². The number of nitrogens with zero attached hydrogens (tertiary/aromatic N) is 1. The van der Waals surface area contributed by atoms with E-state index in [0.717, 1.165) is 58.6 Å². The molecule has 3 fully saturated rings. The van der Waals surface area contributed by atoms with E-state index in [1.54, 1.807) is 0 Å². The van der Waals surface area contributed by atoms with E-state index >= 15 is 0 Å². The van der Waals surface area contributed by atoms with Gasteiger partial charge in [0.2, 0.25) is 0 Å². The van der Waals surface area contributed by atoms with Crippen LogP contribution in [-0.2, 0) is 14.2 Å². The third kappa shape index (κ3) is 3.02. The Morgan fingerprint density at radius 2 is 2.00 bits per heavy atom. The van der Waals surface area contributed by atoms with E-state index in [9.17, 15) is 0 Å². The smallest absolute Gasteiger partial charge is 0.170 e. The van der Waals surface area contributed by atoms with Crippen molar-refractivity contribution < 1.29 is 14.2 Å². The minimum atomic E-state index is -0.311. The van der Waals surface area contributed by atoms with E-state index in [1.165, 1.54) is 0 Å². The molecule has 3 unspecified atom stereocenters. The van der Waals surface area contributed by atoms with Crippen molar-refractivity contribution in [1.29, 1.82) is 0 Å². The predicted octanol–water partition coefficient (Wildman–Crippen LogP) is 0.981. The molecule has 3 aliphatic rings. The second-order valence-electron chi connectivity index (χ2n) is 6.34. The first-order chi connectivity index (χ1) is 9.72. The molecule has 2 aliphatic heterocycles. The van der Waals surface area contributed by atoms with Gasteiger partial charge in [-0.05, 0) is 26.8 Å². The predicted molar refractivity (Wildman–Crippen MR) is 76.7 cm³/mol. The van der Waals surface area contributed by atoms with Crippen molar-refractivity contribution in [3.8, 4) is 0 Å². The van der Waals surface area contributed by atoms with Crippen LogP contribution in [0.4, 0.5) is 0 Å². The summed E-state index contributed by atoms with van der Waals surface area (Å²) in [6.45, 7) is 6.68. The lowest BCUT2D eigenvalue weighted by molar-refractivity contribution is -0.193. The molecule has 3 rings (SSSR count). The highest BCUT2D eigenvalue weighted by Gasteiger charge is 2.46. The van der Waals surface area contributed by atoms with Crippen molar-refractivity contribution in [2.24, 2.45) is 0 Å². The van der Waals surface area contributed by atoms with Crippen molar-refractivity contribution in [1.82, 2.24) is 10.2 Å². The third-order valence-corrected chi connectivity index (χ3v) is 4.96. The van der Waals surface area contributed by atoms with Gasteiger partial charge >= 0.3 is 0 Å². The van der Waals surface area contributed by atoms with Gasteiger partial charge in [-0.2, -0.15) is 0 Å². The lowest BCUT2D eigenvalue weighted by Gasteiger charge is -2.46. The van der Waals surface area contributed by atoms with Crippen LogP contribution in [0.2, 0.25) is 0 Å². The fourth-order valence-corrected chi connectivity index (χ4v) is 3.94. The lowest BCUT2D eigenvalue weighted by Crippen LogP contribution is -2.58. The fraction of sp³-hybridized carbons (Fsp3) is 1.00. The van der Waals surface area contributed by atoms with E-state index in [4.69, 9.17) is 14.2 Å². The number of rotatable bonds is 2. The van der Waals surface area contributed by atoms with Crippen molar-refractivity contribution in [2.45, 2.75) is 56.6 Å². The molecular formula is C15H28N2O3. The highest BCUT2D eigenvalue weighted by molar-refractivity contribution is 4.96. The van der Waals surface area contributed by atoms with Crippen LogP contribution in [0.3, 0.4) is 0 Å². The molecule has 1 N–H and O–H groups in total. The summed E-state index contributed by atoms with van der Waals surface area (Å²) in [6.07, 6.45) is 4.54. The molecule has 3 atom stereocenters. The van der Waals surface area contributed by atoms with Gasteiger partial charge in [0.25, 0.3) is 0 Å². The van der Waals surface area contributed by atoms with Crippen LogP contribution in [0.15, 0.2) is 0 Å². The molecule has 0 aromatic carbocycles. The lowest BCUT2D eigenvalue weighted by atomic mass is 9.84. The monoisotopic (exact) mass is 284 g/mol. The molecule has 116 valence electrons. The molecule has 20 heavy (non-hydrogen) atoms. The molecule has 1 spiro atoms. The third-order valence-electron chi connectivity index (χ3n) is 4.96. The van der Waals surface area contributed by atoms with E-state index < -0.39 is 0 Å². The summed E-state index contributed by atoms with van der Waals surface area (Å²) in [6, 6.07) is 1.01. The molecule has 1 saturated carbocycles. The summed E-state index contributed by atoms with van der Waals surface area (Å²) in [5.41, 5.74) is 0. The Bertz CT molecular complexity index is 320. The Balaban J connectivity index is 1.72. The van der Waals surface area contributed by atoms with Gasteiger partial charge in [0.1, 0.15) is 0 Å². The Morgan fingerprint density at radius 3 is 2.75 bits per heavy atom. The van der Waals surface area contributed by atoms with Crippen LogP contribution in [0, 0.1) is 0 Å². The number of likely N-dealkylation sites (N-methyl/N-ethyl adjacent to an activating group) is 1. The topological polar surface area (TPSA) is 43.0 Å². The summed E-state index contributed by atoms with van der Waals surface area (Å²) in [4.78, 5) is 2.59. The average Bonchev–Trinajstić information content (AvgIpc) is 2.78. The van der Waals surface area contributed by atoms with Crippen molar-refractivity contribution in [3.63, 3.8) is 0 Å². The summed E-state index contributed by atoms with van der Waals surface area (Å²) in [5, 5.41) is 3.50. The average molecular weight is 284 g/mol. The second kappa shape index (κ2) is 6.28. The molecule has 5 heteroatoms. The summed E-state index contributed by atoms with van der Waals surface area (Å²) >= 11 is 0. The summed E-state index contributed by atoms with van der Waals surface area (Å²) < 4.78 is 17.7. The van der Waals surface area contributed by atoms with Crippen molar-refractivity contribution >= 4 is 0 Å². The Labute approximate surface area is 121 Å². The summed E-state index contributed by atoms with van der Waals surface area (Å²) in [5.74, 6) is -0.311. The first-order valence-corrected chi connectivity index (χ1v) is 8.03. The zero-order valence-corrected chi connectivity index (χ0v) is 12.8. The maximum Gasteiger partial charge on any atom is 0.170 e. The van der Waals surface area contributed by atoms with E-state index in [1.807, 2.05) is 0 Å². The van der Waals surface area contributed by atoms with Crippen LogP contribution in [0.25, 0.3) is 0 Å². The van der Waals surface area contributed by atoms with E-state index in [0.29, 0.717) is 18.2 Å². The van der Waals surface area contributed by atoms with E-state index in [2.05, 4.69) is 24.2 Å². The highest BCUT2D eigenvalue weighted by Crippen LogP contribution is 2.38. The van der Waals surface area contributed by atoms with Crippen molar-refractivity contribution in [3.05, 3.63) is 0 Å². The van der Waals surface area contributed by atoms with Gasteiger partial charge in [0.05, 0.1) is 19.3 Å². The normalized spacial score (nSPS) is 39.0. The minimum absolute atomic E-state index is 0.311. The van der Waals surface area contributed by atoms with Gasteiger partial charge in [0.15, 0.2) is 5.79 Å². The number of hydrogen-bond donors (Lipinski definition) is 1. The van der Waals surface area contributed by atoms with Gasteiger partial charge < -0.3 is 19.5 Å². The minimum Gasteiger partial charge on any atom is -0.377 e. The molecule has 2 saturated heterocycles. The maximum atomic E-state index is 5.95. The second-order valence-corrected chi connectivity index (χ2v) is 6.34. The Kier molecular flexibility index (Phi) is 4.62. The van der Waals surface area contributed by atoms with Gasteiger partial charge in [-0.15, -0.1) is 0 Å². The van der Waals surface area contributed by atoms with Crippen molar-refractivity contribution in [2.75, 3.05) is 40.0 Å². The van der Waals surface area contributed by atoms with Crippen LogP contribution >= 0.6 is 0 Å². The van der Waals surface area contributed by atoms with Crippen LogP contribution in [0.1, 0.15) is 32.6 Å². The van der Waals surface area contributed by atoms with Gasteiger partial charge in [0, 0.05) is 44.6 Å². The Morgan fingerprint density at radius 1 is 1.20 bits per heavy atom. The molecule has 2 heterocycles. The number of hydrogen-bond acceptors (Lipinski definition) is 5. The molecule has 5 nitrogen and oxygen atoms in total. The first-order valence-electron chi connectivity index (χ1n) is 8.03. The van der Waals surface area contributed by atoms with Crippen LogP contribution < -0.4 is 5.32 Å². The standard InChI is InChI=1S/C15H28N2O3/c1-12-11-17(6-3-7-18-12)14-10-15(19-8-9-20-15)5-4-13(14)16-2/h12-14,16H,3-11H2,1-2H3. The fourth-order valence-electron chi connectivity index (χ4n) is 3.94. The van der Waals surface area contributed by atoms with E-state index in [-0.39, 0.29) is 5.79 Å². The maximum absolute atomic E-state index is 5.95. The van der Waals surface area contributed by atoms with Gasteiger partial charge in [-0.3, -0.25) is 4.90 Å². The number of nitrogens with one attached hydrogen (secondary N) is 1. The van der Waals surface area contributed by atoms with Crippen LogP contribution in [-0.4, -0.2) is 68.8 Å².